The molecule has 112 valence electrons. The van der Waals surface area contributed by atoms with Crippen LogP contribution in [0, 0.1) is 5.92 Å². The van der Waals surface area contributed by atoms with E-state index in [0.717, 1.165) is 32.1 Å². The average molecular weight is 299 g/mol. The molecule has 20 heavy (non-hydrogen) atoms. The summed E-state index contributed by atoms with van der Waals surface area (Å²) in [5.41, 5.74) is 0.0383. The van der Waals surface area contributed by atoms with Gasteiger partial charge in [0, 0.05) is 6.04 Å². The summed E-state index contributed by atoms with van der Waals surface area (Å²) >= 11 is 6.15. The first-order chi connectivity index (χ1) is 9.47. The highest BCUT2D eigenvalue weighted by Crippen LogP contribution is 2.35. The monoisotopic (exact) mass is 298 g/mol. The Labute approximate surface area is 124 Å². The van der Waals surface area contributed by atoms with Crippen molar-refractivity contribution in [2.75, 3.05) is 0 Å². The molecule has 0 spiro atoms. The van der Waals surface area contributed by atoms with Gasteiger partial charge in [-0.1, -0.05) is 45.2 Å². The third kappa shape index (κ3) is 2.71. The molecule has 4 nitrogen and oxygen atoms in total. The van der Waals surface area contributed by atoms with Crippen molar-refractivity contribution in [2.24, 2.45) is 5.92 Å². The molecule has 1 aliphatic rings. The van der Waals surface area contributed by atoms with Crippen molar-refractivity contribution in [3.63, 3.8) is 0 Å². The highest BCUT2D eigenvalue weighted by molar-refractivity contribution is 6.30. The zero-order valence-electron chi connectivity index (χ0n) is 12.4. The Hall–Kier alpha value is -1.03. The van der Waals surface area contributed by atoms with Crippen LogP contribution in [0.4, 0.5) is 0 Å². The fraction of sp³-hybridized carbons (Fsp3) is 0.733. The van der Waals surface area contributed by atoms with Crippen molar-refractivity contribution in [1.82, 2.24) is 9.55 Å². The third-order valence-electron chi connectivity index (χ3n) is 4.40. The van der Waals surface area contributed by atoms with E-state index in [1.165, 1.54) is 4.57 Å². The summed E-state index contributed by atoms with van der Waals surface area (Å²) in [4.78, 5) is 27.6. The van der Waals surface area contributed by atoms with Gasteiger partial charge in [-0.05, 0) is 31.1 Å². The van der Waals surface area contributed by atoms with Gasteiger partial charge in [-0.2, -0.15) is 0 Å². The van der Waals surface area contributed by atoms with E-state index in [1.807, 2.05) is 20.8 Å². The lowest BCUT2D eigenvalue weighted by Gasteiger charge is -2.23. The van der Waals surface area contributed by atoms with Crippen molar-refractivity contribution in [1.29, 1.82) is 0 Å². The molecule has 0 radical (unpaired) electrons. The topological polar surface area (TPSA) is 54.9 Å². The van der Waals surface area contributed by atoms with E-state index in [9.17, 15) is 9.59 Å². The first-order valence-corrected chi connectivity index (χ1v) is 7.89. The minimum Gasteiger partial charge on any atom is -0.297 e. The number of rotatable bonds is 4. The minimum atomic E-state index is -0.387. The molecule has 1 atom stereocenters. The molecule has 0 aliphatic heterocycles. The lowest BCUT2D eigenvalue weighted by atomic mass is 9.98. The SMILES string of the molecule is CCC(C(C)C)n1c(=O)[nH]c(Cl)c(C2CCCC2)c1=O. The van der Waals surface area contributed by atoms with Gasteiger partial charge in [0.25, 0.3) is 5.56 Å². The number of hydrogen-bond acceptors (Lipinski definition) is 2. The number of nitrogens with one attached hydrogen (secondary N) is 1. The molecular formula is C15H23ClN2O2. The van der Waals surface area contributed by atoms with Crippen molar-refractivity contribution in [3.8, 4) is 0 Å². The fourth-order valence-electron chi connectivity index (χ4n) is 3.36. The maximum Gasteiger partial charge on any atom is 0.329 e. The predicted octanol–water partition coefficient (Wildman–Crippen LogP) is 3.45. The standard InChI is InChI=1S/C15H23ClN2O2/c1-4-11(9(2)3)18-14(19)12(10-7-5-6-8-10)13(16)17-15(18)20/h9-11H,4-8H2,1-3H3,(H,17,20). The summed E-state index contributed by atoms with van der Waals surface area (Å²) in [5.74, 6) is 0.430. The summed E-state index contributed by atoms with van der Waals surface area (Å²) in [6.07, 6.45) is 4.98. The highest BCUT2D eigenvalue weighted by atomic mass is 35.5. The van der Waals surface area contributed by atoms with E-state index in [1.54, 1.807) is 0 Å². The molecule has 1 unspecified atom stereocenters. The van der Waals surface area contributed by atoms with E-state index < -0.39 is 0 Å². The van der Waals surface area contributed by atoms with Crippen LogP contribution >= 0.6 is 11.6 Å². The highest BCUT2D eigenvalue weighted by Gasteiger charge is 2.27. The van der Waals surface area contributed by atoms with Crippen LogP contribution in [-0.4, -0.2) is 9.55 Å². The van der Waals surface area contributed by atoms with Gasteiger partial charge in [0.05, 0.1) is 5.56 Å². The Kier molecular flexibility index (Phi) is 4.74. The average Bonchev–Trinajstić information content (AvgIpc) is 2.87. The van der Waals surface area contributed by atoms with Crippen LogP contribution < -0.4 is 11.2 Å². The Morgan fingerprint density at radius 1 is 1.30 bits per heavy atom. The number of nitrogens with zero attached hydrogens (tertiary/aromatic N) is 1. The zero-order valence-corrected chi connectivity index (χ0v) is 13.2. The van der Waals surface area contributed by atoms with Gasteiger partial charge < -0.3 is 0 Å². The molecule has 1 N–H and O–H groups in total. The van der Waals surface area contributed by atoms with Crippen LogP contribution in [0.25, 0.3) is 0 Å². The number of aromatic nitrogens is 2. The van der Waals surface area contributed by atoms with Gasteiger partial charge in [0.1, 0.15) is 5.15 Å². The summed E-state index contributed by atoms with van der Waals surface area (Å²) in [7, 11) is 0. The lowest BCUT2D eigenvalue weighted by Crippen LogP contribution is -2.42. The summed E-state index contributed by atoms with van der Waals surface area (Å²) in [5, 5.41) is 0.238. The second-order valence-corrected chi connectivity index (χ2v) is 6.41. The summed E-state index contributed by atoms with van der Waals surface area (Å²) in [6, 6.07) is -0.0799. The second kappa shape index (κ2) is 6.17. The molecule has 0 saturated heterocycles. The number of aromatic amines is 1. The van der Waals surface area contributed by atoms with Crippen molar-refractivity contribution >= 4 is 11.6 Å². The molecule has 1 aromatic rings. The predicted molar refractivity (Wildman–Crippen MR) is 81.7 cm³/mol. The van der Waals surface area contributed by atoms with Crippen LogP contribution in [0.3, 0.4) is 0 Å². The Bertz CT molecular complexity index is 583. The molecule has 1 heterocycles. The number of halogens is 1. The van der Waals surface area contributed by atoms with Crippen LogP contribution in [0.1, 0.15) is 70.4 Å². The molecular weight excluding hydrogens is 276 g/mol. The molecule has 2 rings (SSSR count). The summed E-state index contributed by atoms with van der Waals surface area (Å²) in [6.45, 7) is 6.06. The van der Waals surface area contributed by atoms with Crippen LogP contribution in [0.5, 0.6) is 0 Å². The quantitative estimate of drug-likeness (QED) is 0.866. The molecule has 1 fully saturated rings. The van der Waals surface area contributed by atoms with Crippen molar-refractivity contribution in [2.45, 2.75) is 64.8 Å². The van der Waals surface area contributed by atoms with Gasteiger partial charge in [0.2, 0.25) is 0 Å². The summed E-state index contributed by atoms with van der Waals surface area (Å²) < 4.78 is 1.38. The molecule has 1 aliphatic carbocycles. The van der Waals surface area contributed by atoms with E-state index in [2.05, 4.69) is 4.98 Å². The van der Waals surface area contributed by atoms with E-state index in [4.69, 9.17) is 11.6 Å². The number of H-pyrrole nitrogens is 1. The van der Waals surface area contributed by atoms with Crippen molar-refractivity contribution < 1.29 is 0 Å². The Balaban J connectivity index is 2.60. The number of hydrogen-bond donors (Lipinski definition) is 1. The normalized spacial score (nSPS) is 17.9. The molecule has 1 saturated carbocycles. The molecule has 0 amide bonds. The first-order valence-electron chi connectivity index (χ1n) is 7.51. The largest absolute Gasteiger partial charge is 0.329 e. The van der Waals surface area contributed by atoms with Gasteiger partial charge in [0.15, 0.2) is 0 Å². The van der Waals surface area contributed by atoms with Crippen LogP contribution in [0.15, 0.2) is 9.59 Å². The maximum absolute atomic E-state index is 12.8. The maximum atomic E-state index is 12.8. The van der Waals surface area contributed by atoms with Crippen LogP contribution in [0.2, 0.25) is 5.15 Å². The van der Waals surface area contributed by atoms with E-state index in [0.29, 0.717) is 5.56 Å². The second-order valence-electron chi connectivity index (χ2n) is 6.03. The Morgan fingerprint density at radius 3 is 2.40 bits per heavy atom. The van der Waals surface area contributed by atoms with E-state index in [-0.39, 0.29) is 34.3 Å². The molecule has 1 aromatic heterocycles. The van der Waals surface area contributed by atoms with Gasteiger partial charge in [-0.3, -0.25) is 14.3 Å². The van der Waals surface area contributed by atoms with Gasteiger partial charge in [-0.15, -0.1) is 0 Å². The third-order valence-corrected chi connectivity index (χ3v) is 4.70. The van der Waals surface area contributed by atoms with Crippen molar-refractivity contribution in [3.05, 3.63) is 31.6 Å². The fourth-order valence-corrected chi connectivity index (χ4v) is 3.67. The molecule has 0 bridgehead atoms. The van der Waals surface area contributed by atoms with E-state index >= 15 is 0 Å². The minimum absolute atomic E-state index is 0.0799. The van der Waals surface area contributed by atoms with Gasteiger partial charge >= 0.3 is 5.69 Å². The Morgan fingerprint density at radius 2 is 1.90 bits per heavy atom. The molecule has 0 aromatic carbocycles. The lowest BCUT2D eigenvalue weighted by molar-refractivity contribution is 0.342. The van der Waals surface area contributed by atoms with Gasteiger partial charge in [-0.25, -0.2) is 4.79 Å². The van der Waals surface area contributed by atoms with Crippen LogP contribution in [-0.2, 0) is 0 Å². The smallest absolute Gasteiger partial charge is 0.297 e. The zero-order chi connectivity index (χ0) is 14.9. The molecule has 5 heteroatoms. The first kappa shape index (κ1) is 15.4.